The molecule has 2 aromatic rings. The van der Waals surface area contributed by atoms with Gasteiger partial charge in [-0.15, -0.1) is 0 Å². The molecule has 0 aliphatic carbocycles. The minimum atomic E-state index is -1.28. The first-order valence-corrected chi connectivity index (χ1v) is 10.5. The SMILES string of the molecule is COC(=O)[C@@H](C)N1C(=O)S/C(=C\c2ccc(OCc3cccc(C(=O)[O-])c3)c(Cl)c2)C1=O. The minimum Gasteiger partial charge on any atom is -0.545 e. The van der Waals surface area contributed by atoms with Crippen molar-refractivity contribution in [1.82, 2.24) is 4.90 Å². The van der Waals surface area contributed by atoms with E-state index >= 15 is 0 Å². The molecule has 0 unspecified atom stereocenters. The summed E-state index contributed by atoms with van der Waals surface area (Å²) in [4.78, 5) is 48.4. The summed E-state index contributed by atoms with van der Waals surface area (Å²) in [6.45, 7) is 1.50. The van der Waals surface area contributed by atoms with Crippen LogP contribution in [-0.2, 0) is 20.9 Å². The van der Waals surface area contributed by atoms with Gasteiger partial charge in [-0.2, -0.15) is 0 Å². The molecule has 32 heavy (non-hydrogen) atoms. The molecule has 8 nitrogen and oxygen atoms in total. The van der Waals surface area contributed by atoms with Crippen LogP contribution in [-0.4, -0.2) is 41.1 Å². The molecule has 0 radical (unpaired) electrons. The largest absolute Gasteiger partial charge is 0.545 e. The van der Waals surface area contributed by atoms with Gasteiger partial charge in [-0.3, -0.25) is 14.5 Å². The van der Waals surface area contributed by atoms with Crippen LogP contribution in [0.15, 0.2) is 47.4 Å². The molecule has 1 heterocycles. The summed E-state index contributed by atoms with van der Waals surface area (Å²) in [5.74, 6) is -2.21. The van der Waals surface area contributed by atoms with E-state index < -0.39 is 29.1 Å². The summed E-state index contributed by atoms with van der Waals surface area (Å²) in [6.07, 6.45) is 1.49. The van der Waals surface area contributed by atoms with Crippen LogP contribution in [0.4, 0.5) is 4.79 Å². The van der Waals surface area contributed by atoms with Crippen molar-refractivity contribution in [3.63, 3.8) is 0 Å². The van der Waals surface area contributed by atoms with E-state index in [1.807, 2.05) is 0 Å². The van der Waals surface area contributed by atoms with E-state index in [2.05, 4.69) is 4.74 Å². The number of amides is 2. The summed E-state index contributed by atoms with van der Waals surface area (Å²) in [5, 5.41) is 10.7. The minimum absolute atomic E-state index is 0.0445. The molecule has 0 saturated carbocycles. The molecule has 3 rings (SSSR count). The van der Waals surface area contributed by atoms with Crippen molar-refractivity contribution in [2.75, 3.05) is 7.11 Å². The second-order valence-electron chi connectivity index (χ2n) is 6.72. The Labute approximate surface area is 192 Å². The Morgan fingerprint density at radius 3 is 2.62 bits per heavy atom. The third-order valence-electron chi connectivity index (χ3n) is 4.56. The summed E-state index contributed by atoms with van der Waals surface area (Å²) < 4.78 is 10.3. The zero-order valence-electron chi connectivity index (χ0n) is 17.0. The van der Waals surface area contributed by atoms with Crippen molar-refractivity contribution in [3.8, 4) is 5.75 Å². The molecule has 1 saturated heterocycles. The molecule has 1 aliphatic heterocycles. The lowest BCUT2D eigenvalue weighted by molar-refractivity contribution is -0.255. The third kappa shape index (κ3) is 5.12. The zero-order chi connectivity index (χ0) is 23.4. The second-order valence-corrected chi connectivity index (χ2v) is 8.12. The zero-order valence-corrected chi connectivity index (χ0v) is 18.6. The Morgan fingerprint density at radius 2 is 1.97 bits per heavy atom. The Morgan fingerprint density at radius 1 is 1.22 bits per heavy atom. The van der Waals surface area contributed by atoms with Gasteiger partial charge in [0.15, 0.2) is 0 Å². The topological polar surface area (TPSA) is 113 Å². The first-order chi connectivity index (χ1) is 15.2. The molecule has 1 atom stereocenters. The molecule has 0 N–H and O–H groups in total. The average Bonchev–Trinajstić information content (AvgIpc) is 3.04. The van der Waals surface area contributed by atoms with Gasteiger partial charge in [0.1, 0.15) is 18.4 Å². The summed E-state index contributed by atoms with van der Waals surface area (Å²) >= 11 is 7.00. The number of carbonyl (C=O) groups is 4. The van der Waals surface area contributed by atoms with Gasteiger partial charge in [0.25, 0.3) is 11.1 Å². The predicted octanol–water partition coefficient (Wildman–Crippen LogP) is 2.88. The van der Waals surface area contributed by atoms with Crippen LogP contribution in [0.25, 0.3) is 6.08 Å². The average molecular weight is 475 g/mol. The molecule has 2 aromatic carbocycles. The molecule has 10 heteroatoms. The lowest BCUT2D eigenvalue weighted by Gasteiger charge is -2.18. The number of ether oxygens (including phenoxy) is 2. The van der Waals surface area contributed by atoms with E-state index in [1.54, 1.807) is 30.3 Å². The Hall–Kier alpha value is -3.30. The number of methoxy groups -OCH3 is 1. The number of thioether (sulfide) groups is 1. The van der Waals surface area contributed by atoms with Crippen LogP contribution in [0.2, 0.25) is 5.02 Å². The lowest BCUT2D eigenvalue weighted by atomic mass is 10.1. The van der Waals surface area contributed by atoms with Crippen molar-refractivity contribution in [2.45, 2.75) is 19.6 Å². The van der Waals surface area contributed by atoms with Crippen LogP contribution >= 0.6 is 23.4 Å². The predicted molar refractivity (Wildman–Crippen MR) is 116 cm³/mol. The van der Waals surface area contributed by atoms with Gasteiger partial charge < -0.3 is 19.4 Å². The Bertz CT molecular complexity index is 1130. The smallest absolute Gasteiger partial charge is 0.328 e. The van der Waals surface area contributed by atoms with Crippen LogP contribution in [0.5, 0.6) is 5.75 Å². The number of carboxylic acids is 1. The first-order valence-electron chi connectivity index (χ1n) is 9.28. The maximum absolute atomic E-state index is 12.6. The molecule has 2 amide bonds. The van der Waals surface area contributed by atoms with E-state index in [1.165, 1.54) is 32.2 Å². The van der Waals surface area contributed by atoms with Crippen molar-refractivity contribution in [2.24, 2.45) is 0 Å². The number of rotatable bonds is 7. The van der Waals surface area contributed by atoms with Gasteiger partial charge in [-0.05, 0) is 59.7 Å². The molecular formula is C22H17ClNO7S-. The number of nitrogens with zero attached hydrogens (tertiary/aromatic N) is 1. The standard InChI is InChI=1S/C22H18ClNO7S/c1-12(21(28)30-2)24-19(25)18(32-22(24)29)10-13-6-7-17(16(23)9-13)31-11-14-4-3-5-15(8-14)20(26)27/h3-10,12H,11H2,1-2H3,(H,26,27)/p-1/b18-10-/t12-/m1/s1. The van der Waals surface area contributed by atoms with Crippen LogP contribution in [0.3, 0.4) is 0 Å². The maximum atomic E-state index is 12.6. The summed E-state index contributed by atoms with van der Waals surface area (Å²) in [5.41, 5.74) is 1.22. The fraction of sp³-hybridized carbons (Fsp3) is 0.182. The number of hydrogen-bond donors (Lipinski definition) is 0. The first kappa shape index (κ1) is 23.4. The molecule has 0 spiro atoms. The molecule has 1 fully saturated rings. The van der Waals surface area contributed by atoms with Crippen LogP contribution < -0.4 is 9.84 Å². The number of carboxylic acid groups (broad SMARTS) is 1. The number of benzene rings is 2. The second kappa shape index (κ2) is 9.88. The van der Waals surface area contributed by atoms with Gasteiger partial charge >= 0.3 is 5.97 Å². The number of halogens is 1. The molecular weight excluding hydrogens is 458 g/mol. The van der Waals surface area contributed by atoms with Gasteiger partial charge in [0.2, 0.25) is 0 Å². The number of hydrogen-bond acceptors (Lipinski definition) is 8. The van der Waals surface area contributed by atoms with Crippen molar-refractivity contribution in [3.05, 3.63) is 69.1 Å². The fourth-order valence-corrected chi connectivity index (χ4v) is 4.07. The molecule has 1 aliphatic rings. The Balaban J connectivity index is 1.72. The normalized spacial score (nSPS) is 15.7. The number of aromatic carboxylic acids is 1. The highest BCUT2D eigenvalue weighted by Gasteiger charge is 2.41. The van der Waals surface area contributed by atoms with Crippen LogP contribution in [0, 0.1) is 0 Å². The fourth-order valence-electron chi connectivity index (χ4n) is 2.91. The monoisotopic (exact) mass is 474 g/mol. The highest BCUT2D eigenvalue weighted by Crippen LogP contribution is 2.35. The maximum Gasteiger partial charge on any atom is 0.328 e. The Kier molecular flexibility index (Phi) is 7.22. The van der Waals surface area contributed by atoms with Crippen molar-refractivity contribution >= 4 is 52.5 Å². The van der Waals surface area contributed by atoms with E-state index in [0.717, 1.165) is 16.7 Å². The van der Waals surface area contributed by atoms with E-state index in [4.69, 9.17) is 16.3 Å². The van der Waals surface area contributed by atoms with Gasteiger partial charge in [0.05, 0.1) is 23.0 Å². The quantitative estimate of drug-likeness (QED) is 0.444. The number of esters is 1. The summed E-state index contributed by atoms with van der Waals surface area (Å²) in [7, 11) is 1.18. The van der Waals surface area contributed by atoms with Gasteiger partial charge in [-0.1, -0.05) is 35.9 Å². The molecule has 166 valence electrons. The van der Waals surface area contributed by atoms with Gasteiger partial charge in [-0.25, -0.2) is 4.79 Å². The van der Waals surface area contributed by atoms with E-state index in [9.17, 15) is 24.3 Å². The number of carbonyl (C=O) groups excluding carboxylic acids is 4. The highest BCUT2D eigenvalue weighted by molar-refractivity contribution is 8.18. The molecule has 0 bridgehead atoms. The lowest BCUT2D eigenvalue weighted by Crippen LogP contribution is -2.42. The van der Waals surface area contributed by atoms with Crippen molar-refractivity contribution in [1.29, 1.82) is 0 Å². The third-order valence-corrected chi connectivity index (χ3v) is 5.74. The van der Waals surface area contributed by atoms with E-state index in [-0.39, 0.29) is 22.1 Å². The molecule has 0 aromatic heterocycles. The van der Waals surface area contributed by atoms with E-state index in [0.29, 0.717) is 16.9 Å². The van der Waals surface area contributed by atoms with Crippen molar-refractivity contribution < 1.29 is 33.8 Å². The van der Waals surface area contributed by atoms with Gasteiger partial charge in [0, 0.05) is 0 Å². The number of imide groups is 1. The van der Waals surface area contributed by atoms with Crippen LogP contribution in [0.1, 0.15) is 28.4 Å². The highest BCUT2D eigenvalue weighted by atomic mass is 35.5. The summed E-state index contributed by atoms with van der Waals surface area (Å²) in [6, 6.07) is 9.94.